The van der Waals surface area contributed by atoms with E-state index < -0.39 is 10.9 Å². The summed E-state index contributed by atoms with van der Waals surface area (Å²) in [6.45, 7) is 0. The third kappa shape index (κ3) is 3.70. The molecule has 0 unspecified atom stereocenters. The fourth-order valence-corrected chi connectivity index (χ4v) is 2.46. The van der Waals surface area contributed by atoms with E-state index in [9.17, 15) is 14.9 Å². The first kappa shape index (κ1) is 17.2. The van der Waals surface area contributed by atoms with Crippen molar-refractivity contribution in [1.82, 2.24) is 0 Å². The molecule has 0 radical (unpaired) electrons. The van der Waals surface area contributed by atoms with Gasteiger partial charge in [0.15, 0.2) is 0 Å². The quantitative estimate of drug-likeness (QED) is 0.384. The second-order valence-electron chi connectivity index (χ2n) is 5.42. The molecule has 1 heterocycles. The number of carbonyl (C=O) groups is 1. The number of hydrogen-bond acceptors (Lipinski definition) is 5. The normalized spacial score (nSPS) is 11.2. The third-order valence-corrected chi connectivity index (χ3v) is 3.76. The van der Waals surface area contributed by atoms with Gasteiger partial charge >= 0.3 is 5.97 Å². The Labute approximate surface area is 149 Å². The van der Waals surface area contributed by atoms with Crippen molar-refractivity contribution in [3.63, 3.8) is 0 Å². The van der Waals surface area contributed by atoms with E-state index in [1.54, 1.807) is 66.7 Å². The Morgan fingerprint density at radius 3 is 2.31 bits per heavy atom. The number of furan rings is 1. The van der Waals surface area contributed by atoms with Gasteiger partial charge < -0.3 is 9.15 Å². The lowest BCUT2D eigenvalue weighted by Crippen LogP contribution is -2.00. The minimum Gasteiger partial charge on any atom is -0.465 e. The molecule has 26 heavy (non-hydrogen) atoms. The van der Waals surface area contributed by atoms with Crippen molar-refractivity contribution in [3.8, 4) is 11.3 Å². The molecule has 0 bridgehead atoms. The Hall–Kier alpha value is -3.67. The van der Waals surface area contributed by atoms with Crippen LogP contribution >= 0.6 is 0 Å². The third-order valence-electron chi connectivity index (χ3n) is 3.76. The van der Waals surface area contributed by atoms with Gasteiger partial charge in [-0.25, -0.2) is 4.79 Å². The van der Waals surface area contributed by atoms with Crippen LogP contribution in [0.4, 0.5) is 0 Å². The van der Waals surface area contributed by atoms with Gasteiger partial charge in [0.1, 0.15) is 11.5 Å². The summed E-state index contributed by atoms with van der Waals surface area (Å²) in [6.07, 6.45) is 1.39. The molecule has 3 rings (SSSR count). The van der Waals surface area contributed by atoms with Crippen molar-refractivity contribution < 1.29 is 18.9 Å². The number of methoxy groups -OCH3 is 1. The maximum atomic E-state index is 11.5. The molecule has 3 aromatic rings. The van der Waals surface area contributed by atoms with Gasteiger partial charge in [-0.05, 0) is 36.4 Å². The van der Waals surface area contributed by atoms with E-state index in [-0.39, 0.29) is 5.70 Å². The standard InChI is InChI=1S/C20H15NO5/c1-25-20(22)16-9-7-15(8-10-16)19-12-11-17(26-19)13-18(21(23)24)14-5-3-2-4-6-14/h2-13H,1H3. The molecule has 1 aromatic heterocycles. The molecule has 0 spiro atoms. The average Bonchev–Trinajstić information content (AvgIpc) is 3.15. The van der Waals surface area contributed by atoms with Gasteiger partial charge in [0.25, 0.3) is 5.70 Å². The molecule has 0 aliphatic heterocycles. The van der Waals surface area contributed by atoms with E-state index >= 15 is 0 Å². The highest BCUT2D eigenvalue weighted by molar-refractivity contribution is 5.89. The lowest BCUT2D eigenvalue weighted by molar-refractivity contribution is -0.374. The summed E-state index contributed by atoms with van der Waals surface area (Å²) >= 11 is 0. The number of benzene rings is 2. The van der Waals surface area contributed by atoms with E-state index in [2.05, 4.69) is 4.74 Å². The van der Waals surface area contributed by atoms with Crippen molar-refractivity contribution in [2.45, 2.75) is 0 Å². The monoisotopic (exact) mass is 349 g/mol. The van der Waals surface area contributed by atoms with E-state index in [1.165, 1.54) is 13.2 Å². The zero-order valence-electron chi connectivity index (χ0n) is 13.9. The lowest BCUT2D eigenvalue weighted by Gasteiger charge is -2.01. The van der Waals surface area contributed by atoms with Gasteiger partial charge in [0, 0.05) is 5.56 Å². The molecule has 0 atom stereocenters. The Balaban J connectivity index is 1.89. The molecule has 0 aliphatic rings. The van der Waals surface area contributed by atoms with E-state index in [0.717, 1.165) is 5.56 Å². The maximum absolute atomic E-state index is 11.5. The number of esters is 1. The molecule has 0 saturated heterocycles. The summed E-state index contributed by atoms with van der Waals surface area (Å²) in [5.74, 6) is 0.495. The zero-order valence-corrected chi connectivity index (χ0v) is 13.9. The predicted molar refractivity (Wildman–Crippen MR) is 96.8 cm³/mol. The second-order valence-corrected chi connectivity index (χ2v) is 5.42. The van der Waals surface area contributed by atoms with Crippen molar-refractivity contribution in [3.05, 3.63) is 93.7 Å². The zero-order chi connectivity index (χ0) is 18.5. The second kappa shape index (κ2) is 7.48. The van der Waals surface area contributed by atoms with Crippen molar-refractivity contribution >= 4 is 17.7 Å². The van der Waals surface area contributed by atoms with Crippen LogP contribution in [-0.4, -0.2) is 18.0 Å². The number of nitro groups is 1. The predicted octanol–water partition coefficient (Wildman–Crippen LogP) is 4.51. The number of ether oxygens (including phenoxy) is 1. The van der Waals surface area contributed by atoms with E-state index in [4.69, 9.17) is 4.42 Å². The SMILES string of the molecule is COC(=O)c1ccc(-c2ccc(C=C(c3ccccc3)[N+](=O)[O-])o2)cc1. The molecule has 6 heteroatoms. The topological polar surface area (TPSA) is 82.6 Å². The first-order chi connectivity index (χ1) is 12.6. The highest BCUT2D eigenvalue weighted by atomic mass is 16.6. The number of carbonyl (C=O) groups excluding carboxylic acids is 1. The van der Waals surface area contributed by atoms with Crippen LogP contribution in [0.3, 0.4) is 0 Å². The van der Waals surface area contributed by atoms with Crippen LogP contribution in [0.15, 0.2) is 71.1 Å². The Kier molecular flexibility index (Phi) is 4.94. The minimum absolute atomic E-state index is 0.0486. The van der Waals surface area contributed by atoms with Crippen molar-refractivity contribution in [2.24, 2.45) is 0 Å². The van der Waals surface area contributed by atoms with Crippen LogP contribution in [0.1, 0.15) is 21.7 Å². The summed E-state index contributed by atoms with van der Waals surface area (Å²) in [6, 6.07) is 18.7. The van der Waals surface area contributed by atoms with Gasteiger partial charge in [-0.2, -0.15) is 0 Å². The molecule has 0 saturated carbocycles. The molecule has 0 amide bonds. The largest absolute Gasteiger partial charge is 0.465 e. The Bertz CT molecular complexity index is 955. The summed E-state index contributed by atoms with van der Waals surface area (Å²) < 4.78 is 10.4. The molecule has 6 nitrogen and oxygen atoms in total. The summed E-state index contributed by atoms with van der Waals surface area (Å²) in [5.41, 5.74) is 1.63. The fraction of sp³-hybridized carbons (Fsp3) is 0.0500. The van der Waals surface area contributed by atoms with Gasteiger partial charge in [-0.1, -0.05) is 30.3 Å². The fourth-order valence-electron chi connectivity index (χ4n) is 2.46. The summed E-state index contributed by atoms with van der Waals surface area (Å²) in [7, 11) is 1.32. The first-order valence-corrected chi connectivity index (χ1v) is 7.78. The van der Waals surface area contributed by atoms with Crippen LogP contribution in [-0.2, 0) is 4.74 Å². The number of hydrogen-bond donors (Lipinski definition) is 0. The van der Waals surface area contributed by atoms with Crippen LogP contribution in [0.2, 0.25) is 0 Å². The van der Waals surface area contributed by atoms with Gasteiger partial charge in [-0.3, -0.25) is 10.1 Å². The van der Waals surface area contributed by atoms with Gasteiger partial charge in [0.2, 0.25) is 0 Å². The molecule has 0 fully saturated rings. The van der Waals surface area contributed by atoms with Gasteiger partial charge in [-0.15, -0.1) is 0 Å². The highest BCUT2D eigenvalue weighted by Crippen LogP contribution is 2.26. The summed E-state index contributed by atoms with van der Waals surface area (Å²) in [5, 5.41) is 11.4. The number of nitrogens with zero attached hydrogens (tertiary/aromatic N) is 1. The Morgan fingerprint density at radius 2 is 1.69 bits per heavy atom. The maximum Gasteiger partial charge on any atom is 0.337 e. The summed E-state index contributed by atoms with van der Waals surface area (Å²) in [4.78, 5) is 22.4. The van der Waals surface area contributed by atoms with Crippen LogP contribution < -0.4 is 0 Å². The van der Waals surface area contributed by atoms with E-state index in [1.807, 2.05) is 0 Å². The van der Waals surface area contributed by atoms with Crippen molar-refractivity contribution in [2.75, 3.05) is 7.11 Å². The highest BCUT2D eigenvalue weighted by Gasteiger charge is 2.15. The van der Waals surface area contributed by atoms with E-state index in [0.29, 0.717) is 22.6 Å². The van der Waals surface area contributed by atoms with Crippen LogP contribution in [0.25, 0.3) is 23.1 Å². The lowest BCUT2D eigenvalue weighted by atomic mass is 10.1. The number of rotatable bonds is 5. The molecule has 0 N–H and O–H groups in total. The molecular weight excluding hydrogens is 334 g/mol. The first-order valence-electron chi connectivity index (χ1n) is 7.78. The smallest absolute Gasteiger partial charge is 0.337 e. The van der Waals surface area contributed by atoms with Crippen molar-refractivity contribution in [1.29, 1.82) is 0 Å². The molecule has 2 aromatic carbocycles. The van der Waals surface area contributed by atoms with Crippen LogP contribution in [0, 0.1) is 10.1 Å². The minimum atomic E-state index is -0.442. The molecule has 0 aliphatic carbocycles. The average molecular weight is 349 g/mol. The molecular formula is C20H15NO5. The molecule has 130 valence electrons. The Morgan fingerprint density at radius 1 is 1.00 bits per heavy atom. The van der Waals surface area contributed by atoms with Crippen LogP contribution in [0.5, 0.6) is 0 Å². The van der Waals surface area contributed by atoms with Gasteiger partial charge in [0.05, 0.1) is 29.2 Å².